The lowest BCUT2D eigenvalue weighted by molar-refractivity contribution is 0.274. The molecule has 3 heteroatoms. The van der Waals surface area contributed by atoms with Crippen molar-refractivity contribution in [3.63, 3.8) is 0 Å². The van der Waals surface area contributed by atoms with Crippen LogP contribution in [0.3, 0.4) is 0 Å². The van der Waals surface area contributed by atoms with E-state index >= 15 is 0 Å². The van der Waals surface area contributed by atoms with Gasteiger partial charge in [0, 0.05) is 11.8 Å². The molecule has 0 saturated heterocycles. The van der Waals surface area contributed by atoms with E-state index in [1.165, 1.54) is 12.3 Å². The number of pyridine rings is 1. The van der Waals surface area contributed by atoms with E-state index in [4.69, 9.17) is 5.11 Å². The second-order valence-corrected chi connectivity index (χ2v) is 2.08. The number of hydrogen-bond donors (Lipinski definition) is 1. The first-order valence-corrected chi connectivity index (χ1v) is 3.15. The Hall–Kier alpha value is -1.22. The Morgan fingerprint density at radius 2 is 2.45 bits per heavy atom. The normalized spacial score (nSPS) is 9.64. The molecule has 58 valence electrons. The Labute approximate surface area is 64.0 Å². The van der Waals surface area contributed by atoms with Gasteiger partial charge in [-0.15, -0.1) is 0 Å². The first kappa shape index (κ1) is 7.88. The van der Waals surface area contributed by atoms with Gasteiger partial charge in [0.15, 0.2) is 0 Å². The Balaban J connectivity index is 3.12. The van der Waals surface area contributed by atoms with Crippen LogP contribution < -0.4 is 0 Å². The zero-order valence-electron chi connectivity index (χ0n) is 5.92. The van der Waals surface area contributed by atoms with Gasteiger partial charge in [-0.05, 0) is 11.6 Å². The first-order chi connectivity index (χ1) is 5.27. The van der Waals surface area contributed by atoms with E-state index in [0.29, 0.717) is 5.56 Å². The van der Waals surface area contributed by atoms with Crippen molar-refractivity contribution >= 4 is 6.08 Å². The van der Waals surface area contributed by atoms with Crippen LogP contribution in [0.5, 0.6) is 0 Å². The van der Waals surface area contributed by atoms with Gasteiger partial charge in [0.2, 0.25) is 5.95 Å². The molecular weight excluding hydrogens is 145 g/mol. The van der Waals surface area contributed by atoms with E-state index in [0.717, 1.165) is 0 Å². The molecule has 2 nitrogen and oxygen atoms in total. The van der Waals surface area contributed by atoms with Crippen LogP contribution in [0.15, 0.2) is 18.8 Å². The Morgan fingerprint density at radius 3 is 3.00 bits per heavy atom. The van der Waals surface area contributed by atoms with Crippen LogP contribution in [-0.2, 0) is 6.61 Å². The van der Waals surface area contributed by atoms with Crippen LogP contribution in [0.2, 0.25) is 0 Å². The summed E-state index contributed by atoms with van der Waals surface area (Å²) in [5.41, 5.74) is 0.901. The fourth-order valence-electron chi connectivity index (χ4n) is 0.735. The van der Waals surface area contributed by atoms with Crippen molar-refractivity contribution in [2.45, 2.75) is 6.61 Å². The minimum atomic E-state index is -0.627. The molecule has 0 saturated carbocycles. The van der Waals surface area contributed by atoms with Gasteiger partial charge in [0.25, 0.3) is 0 Å². The van der Waals surface area contributed by atoms with E-state index in [-0.39, 0.29) is 12.2 Å². The summed E-state index contributed by atoms with van der Waals surface area (Å²) in [6.45, 7) is 3.16. The topological polar surface area (TPSA) is 33.1 Å². The molecule has 0 radical (unpaired) electrons. The second kappa shape index (κ2) is 3.25. The van der Waals surface area contributed by atoms with Gasteiger partial charge in [-0.2, -0.15) is 4.39 Å². The maximum absolute atomic E-state index is 12.6. The Bertz CT molecular complexity index is 273. The van der Waals surface area contributed by atoms with Crippen molar-refractivity contribution in [3.05, 3.63) is 35.9 Å². The van der Waals surface area contributed by atoms with Crippen molar-refractivity contribution < 1.29 is 9.50 Å². The summed E-state index contributed by atoms with van der Waals surface area (Å²) in [6, 6.07) is 1.51. The highest BCUT2D eigenvalue weighted by atomic mass is 19.1. The molecule has 0 aromatic carbocycles. The van der Waals surface area contributed by atoms with E-state index in [1.807, 2.05) is 0 Å². The lowest BCUT2D eigenvalue weighted by Gasteiger charge is -1.98. The molecule has 0 spiro atoms. The van der Waals surface area contributed by atoms with E-state index in [2.05, 4.69) is 11.6 Å². The second-order valence-electron chi connectivity index (χ2n) is 2.08. The number of aliphatic hydroxyl groups excluding tert-OH is 1. The molecule has 11 heavy (non-hydrogen) atoms. The number of rotatable bonds is 2. The number of nitrogens with zero attached hydrogens (tertiary/aromatic N) is 1. The monoisotopic (exact) mass is 153 g/mol. The van der Waals surface area contributed by atoms with Crippen LogP contribution in [0, 0.1) is 5.95 Å². The van der Waals surface area contributed by atoms with Gasteiger partial charge < -0.3 is 5.11 Å². The fraction of sp³-hybridized carbons (Fsp3) is 0.125. The summed E-state index contributed by atoms with van der Waals surface area (Å²) in [5, 5.41) is 8.62. The van der Waals surface area contributed by atoms with Gasteiger partial charge in [-0.25, -0.2) is 4.98 Å². The smallest absolute Gasteiger partial charge is 0.218 e. The molecule has 0 aliphatic rings. The predicted octanol–water partition coefficient (Wildman–Crippen LogP) is 1.36. The molecule has 1 N–H and O–H groups in total. The largest absolute Gasteiger partial charge is 0.392 e. The standard InChI is InChI=1S/C8H8FNO/c1-2-6-3-7(5-11)8(9)10-4-6/h2-4,11H,1,5H2. The first-order valence-electron chi connectivity index (χ1n) is 3.15. The minimum Gasteiger partial charge on any atom is -0.392 e. The van der Waals surface area contributed by atoms with Crippen molar-refractivity contribution in [1.82, 2.24) is 4.98 Å². The summed E-state index contributed by atoms with van der Waals surface area (Å²) >= 11 is 0. The molecule has 1 aromatic heterocycles. The molecule has 0 bridgehead atoms. The summed E-state index contributed by atoms with van der Waals surface area (Å²) in [4.78, 5) is 3.42. The minimum absolute atomic E-state index is 0.197. The number of aromatic nitrogens is 1. The zero-order chi connectivity index (χ0) is 8.27. The van der Waals surface area contributed by atoms with Crippen molar-refractivity contribution in [2.75, 3.05) is 0 Å². The molecule has 0 fully saturated rings. The fourth-order valence-corrected chi connectivity index (χ4v) is 0.735. The van der Waals surface area contributed by atoms with Crippen molar-refractivity contribution in [3.8, 4) is 0 Å². The molecule has 0 aliphatic heterocycles. The van der Waals surface area contributed by atoms with Crippen molar-refractivity contribution in [1.29, 1.82) is 0 Å². The highest BCUT2D eigenvalue weighted by molar-refractivity contribution is 5.46. The van der Waals surface area contributed by atoms with Gasteiger partial charge in [-0.1, -0.05) is 12.7 Å². The van der Waals surface area contributed by atoms with E-state index < -0.39 is 5.95 Å². The van der Waals surface area contributed by atoms with Gasteiger partial charge in [0.1, 0.15) is 0 Å². The Kier molecular flexibility index (Phi) is 2.33. The highest BCUT2D eigenvalue weighted by Crippen LogP contribution is 2.07. The molecule has 0 aliphatic carbocycles. The van der Waals surface area contributed by atoms with Crippen molar-refractivity contribution in [2.24, 2.45) is 0 Å². The third kappa shape index (κ3) is 1.62. The van der Waals surface area contributed by atoms with Crippen LogP contribution in [-0.4, -0.2) is 10.1 Å². The molecule has 0 amide bonds. The zero-order valence-corrected chi connectivity index (χ0v) is 5.92. The quantitative estimate of drug-likeness (QED) is 0.650. The Morgan fingerprint density at radius 1 is 1.73 bits per heavy atom. The third-order valence-corrected chi connectivity index (χ3v) is 1.34. The molecule has 1 aromatic rings. The highest BCUT2D eigenvalue weighted by Gasteiger charge is 2.00. The maximum atomic E-state index is 12.6. The summed E-state index contributed by atoms with van der Waals surface area (Å²) < 4.78 is 12.6. The summed E-state index contributed by atoms with van der Waals surface area (Å²) in [6.07, 6.45) is 2.91. The summed E-state index contributed by atoms with van der Waals surface area (Å²) in [5.74, 6) is -0.627. The molecule has 0 unspecified atom stereocenters. The number of hydrogen-bond acceptors (Lipinski definition) is 2. The van der Waals surface area contributed by atoms with Gasteiger partial charge in [0.05, 0.1) is 6.61 Å². The maximum Gasteiger partial charge on any atom is 0.218 e. The number of aliphatic hydroxyl groups is 1. The van der Waals surface area contributed by atoms with Gasteiger partial charge >= 0.3 is 0 Å². The average molecular weight is 153 g/mol. The van der Waals surface area contributed by atoms with Crippen LogP contribution in [0.1, 0.15) is 11.1 Å². The molecule has 0 atom stereocenters. The molecular formula is C8H8FNO. The van der Waals surface area contributed by atoms with E-state index in [1.54, 1.807) is 6.08 Å². The van der Waals surface area contributed by atoms with E-state index in [9.17, 15) is 4.39 Å². The van der Waals surface area contributed by atoms with Crippen LogP contribution in [0.4, 0.5) is 4.39 Å². The SMILES string of the molecule is C=Cc1cnc(F)c(CO)c1. The predicted molar refractivity (Wildman–Crippen MR) is 40.2 cm³/mol. The molecule has 1 heterocycles. The number of halogens is 1. The lowest BCUT2D eigenvalue weighted by atomic mass is 10.2. The summed E-state index contributed by atoms with van der Waals surface area (Å²) in [7, 11) is 0. The van der Waals surface area contributed by atoms with Gasteiger partial charge in [-0.3, -0.25) is 0 Å². The lowest BCUT2D eigenvalue weighted by Crippen LogP contribution is -1.93. The third-order valence-electron chi connectivity index (χ3n) is 1.34. The molecule has 1 rings (SSSR count). The van der Waals surface area contributed by atoms with Crippen LogP contribution >= 0.6 is 0 Å². The van der Waals surface area contributed by atoms with Crippen LogP contribution in [0.25, 0.3) is 6.08 Å². The average Bonchev–Trinajstić information content (AvgIpc) is 2.05.